The van der Waals surface area contributed by atoms with Crippen LogP contribution in [0.5, 0.6) is 5.75 Å². The van der Waals surface area contributed by atoms with Crippen molar-refractivity contribution in [2.24, 2.45) is 10.2 Å². The Balaban J connectivity index is 1.73. The summed E-state index contributed by atoms with van der Waals surface area (Å²) < 4.78 is 19.6. The Morgan fingerprint density at radius 3 is 2.17 bits per heavy atom. The summed E-state index contributed by atoms with van der Waals surface area (Å²) >= 11 is 0. The molecule has 0 aromatic heterocycles. The number of carbonyl (C=O) groups is 1. The second-order valence-corrected chi connectivity index (χ2v) is 6.63. The highest BCUT2D eigenvalue weighted by atomic mass is 19.1. The molecule has 0 atom stereocenters. The maximum atomic E-state index is 14.5. The quantitative estimate of drug-likeness (QED) is 0.282. The van der Waals surface area contributed by atoms with E-state index in [-0.39, 0.29) is 11.7 Å². The molecular weight excluding hydrogens is 369 g/mol. The molecule has 3 aromatic rings. The van der Waals surface area contributed by atoms with E-state index in [9.17, 15) is 9.18 Å². The lowest BCUT2D eigenvalue weighted by Gasteiger charge is -2.11. The number of benzene rings is 3. The average molecular weight is 391 g/mol. The molecular formula is C23H22FN3O2. The van der Waals surface area contributed by atoms with Gasteiger partial charge >= 0.3 is 5.97 Å². The summed E-state index contributed by atoms with van der Waals surface area (Å²) in [5.74, 6) is -0.292. The van der Waals surface area contributed by atoms with Gasteiger partial charge < -0.3 is 9.64 Å². The average Bonchev–Trinajstić information content (AvgIpc) is 2.73. The molecule has 0 spiro atoms. The number of carbonyl (C=O) groups excluding carboxylic acids is 1. The Hall–Kier alpha value is -3.54. The lowest BCUT2D eigenvalue weighted by atomic mass is 10.1. The van der Waals surface area contributed by atoms with Gasteiger partial charge in [-0.3, -0.25) is 4.79 Å². The Morgan fingerprint density at radius 2 is 1.59 bits per heavy atom. The standard InChI is InChI=1S/C23H22FN3O2/c1-4-23(28)29-20-12-5-16(6-13-20)17-7-14-22(21(24)15-17)26-25-18-8-10-19(11-9-18)27(2)3/h5-15H,4H2,1-3H3. The van der Waals surface area contributed by atoms with Crippen molar-refractivity contribution in [1.29, 1.82) is 0 Å². The van der Waals surface area contributed by atoms with Gasteiger partial charge in [0.15, 0.2) is 5.82 Å². The molecule has 148 valence electrons. The van der Waals surface area contributed by atoms with Gasteiger partial charge in [0.25, 0.3) is 0 Å². The van der Waals surface area contributed by atoms with E-state index in [4.69, 9.17) is 4.74 Å². The minimum atomic E-state index is -0.461. The third-order valence-electron chi connectivity index (χ3n) is 4.30. The third kappa shape index (κ3) is 5.25. The van der Waals surface area contributed by atoms with Crippen molar-refractivity contribution in [3.05, 3.63) is 72.5 Å². The Kier molecular flexibility index (Phi) is 6.34. The van der Waals surface area contributed by atoms with Crippen LogP contribution in [0.2, 0.25) is 0 Å². The predicted octanol–water partition coefficient (Wildman–Crippen LogP) is 6.29. The molecule has 0 saturated heterocycles. The summed E-state index contributed by atoms with van der Waals surface area (Å²) in [6.45, 7) is 1.73. The molecule has 0 aliphatic heterocycles. The van der Waals surface area contributed by atoms with E-state index in [1.54, 1.807) is 43.3 Å². The third-order valence-corrected chi connectivity index (χ3v) is 4.30. The van der Waals surface area contributed by atoms with Gasteiger partial charge in [-0.25, -0.2) is 4.39 Å². The predicted molar refractivity (Wildman–Crippen MR) is 113 cm³/mol. The molecule has 0 fully saturated rings. The molecule has 6 heteroatoms. The van der Waals surface area contributed by atoms with Gasteiger partial charge in [0.1, 0.15) is 11.4 Å². The summed E-state index contributed by atoms with van der Waals surface area (Å²) in [5.41, 5.74) is 3.37. The maximum absolute atomic E-state index is 14.5. The molecule has 3 rings (SSSR count). The second-order valence-electron chi connectivity index (χ2n) is 6.63. The van der Waals surface area contributed by atoms with E-state index in [1.165, 1.54) is 6.07 Å². The summed E-state index contributed by atoms with van der Waals surface area (Å²) in [7, 11) is 3.91. The molecule has 0 saturated carbocycles. The van der Waals surface area contributed by atoms with Crippen molar-refractivity contribution in [3.8, 4) is 16.9 Å². The molecule has 29 heavy (non-hydrogen) atoms. The minimum absolute atomic E-state index is 0.166. The van der Waals surface area contributed by atoms with Crippen LogP contribution in [0.4, 0.5) is 21.5 Å². The first-order valence-corrected chi connectivity index (χ1v) is 9.26. The van der Waals surface area contributed by atoms with Crippen LogP contribution in [0.1, 0.15) is 13.3 Å². The number of hydrogen-bond donors (Lipinski definition) is 0. The van der Waals surface area contributed by atoms with E-state index >= 15 is 0 Å². The van der Waals surface area contributed by atoms with Crippen LogP contribution in [-0.4, -0.2) is 20.1 Å². The van der Waals surface area contributed by atoms with Gasteiger partial charge in [0.2, 0.25) is 0 Å². The van der Waals surface area contributed by atoms with Gasteiger partial charge in [0, 0.05) is 26.2 Å². The van der Waals surface area contributed by atoms with Crippen LogP contribution in [0.15, 0.2) is 77.0 Å². The summed E-state index contributed by atoms with van der Waals surface area (Å²) in [4.78, 5) is 13.3. The Bertz CT molecular complexity index is 1010. The number of halogens is 1. The zero-order valence-corrected chi connectivity index (χ0v) is 16.6. The second kappa shape index (κ2) is 9.10. The normalized spacial score (nSPS) is 10.9. The molecule has 0 aliphatic rings. The zero-order valence-electron chi connectivity index (χ0n) is 16.6. The van der Waals surface area contributed by atoms with Crippen LogP contribution in [-0.2, 0) is 4.79 Å². The van der Waals surface area contributed by atoms with Gasteiger partial charge in [-0.05, 0) is 59.7 Å². The molecule has 0 N–H and O–H groups in total. The molecule has 0 unspecified atom stereocenters. The Morgan fingerprint density at radius 1 is 0.931 bits per heavy atom. The summed E-state index contributed by atoms with van der Waals surface area (Å²) in [5, 5.41) is 8.13. The molecule has 0 amide bonds. The van der Waals surface area contributed by atoms with Crippen LogP contribution in [0.25, 0.3) is 11.1 Å². The van der Waals surface area contributed by atoms with E-state index < -0.39 is 5.82 Å². The van der Waals surface area contributed by atoms with Gasteiger partial charge in [0.05, 0.1) is 5.69 Å². The number of nitrogens with zero attached hydrogens (tertiary/aromatic N) is 3. The lowest BCUT2D eigenvalue weighted by Crippen LogP contribution is -2.07. The number of esters is 1. The topological polar surface area (TPSA) is 54.3 Å². The van der Waals surface area contributed by atoms with Crippen LogP contribution in [0.3, 0.4) is 0 Å². The van der Waals surface area contributed by atoms with Gasteiger partial charge in [-0.2, -0.15) is 5.11 Å². The fraction of sp³-hybridized carbons (Fsp3) is 0.174. The van der Waals surface area contributed by atoms with Crippen LogP contribution in [0, 0.1) is 5.82 Å². The van der Waals surface area contributed by atoms with Crippen molar-refractivity contribution in [3.63, 3.8) is 0 Å². The van der Waals surface area contributed by atoms with Crippen molar-refractivity contribution < 1.29 is 13.9 Å². The number of anilines is 1. The number of ether oxygens (including phenoxy) is 1. The smallest absolute Gasteiger partial charge is 0.310 e. The van der Waals surface area contributed by atoms with Crippen LogP contribution < -0.4 is 9.64 Å². The SMILES string of the molecule is CCC(=O)Oc1ccc(-c2ccc(N=Nc3ccc(N(C)C)cc3)c(F)c2)cc1. The summed E-state index contributed by atoms with van der Waals surface area (Å²) in [6.07, 6.45) is 0.308. The van der Waals surface area contributed by atoms with Crippen LogP contribution >= 0.6 is 0 Å². The van der Waals surface area contributed by atoms with Gasteiger partial charge in [-0.15, -0.1) is 5.11 Å². The van der Waals surface area contributed by atoms with Gasteiger partial charge in [-0.1, -0.05) is 25.1 Å². The van der Waals surface area contributed by atoms with Crippen molar-refractivity contribution in [2.45, 2.75) is 13.3 Å². The number of rotatable bonds is 6. The van der Waals surface area contributed by atoms with E-state index in [0.717, 1.165) is 11.3 Å². The fourth-order valence-corrected chi connectivity index (χ4v) is 2.62. The van der Waals surface area contributed by atoms with Crippen molar-refractivity contribution in [1.82, 2.24) is 0 Å². The lowest BCUT2D eigenvalue weighted by molar-refractivity contribution is -0.134. The highest BCUT2D eigenvalue weighted by Crippen LogP contribution is 2.29. The largest absolute Gasteiger partial charge is 0.427 e. The van der Waals surface area contributed by atoms with Crippen molar-refractivity contribution in [2.75, 3.05) is 19.0 Å². The molecule has 0 aliphatic carbocycles. The number of azo groups is 1. The molecule has 5 nitrogen and oxygen atoms in total. The van der Waals surface area contributed by atoms with E-state index in [2.05, 4.69) is 10.2 Å². The minimum Gasteiger partial charge on any atom is -0.427 e. The molecule has 0 bridgehead atoms. The zero-order chi connectivity index (χ0) is 20.8. The molecule has 0 radical (unpaired) electrons. The van der Waals surface area contributed by atoms with E-state index in [0.29, 0.717) is 23.4 Å². The summed E-state index contributed by atoms with van der Waals surface area (Å²) in [6, 6.07) is 19.2. The first-order chi connectivity index (χ1) is 14.0. The first kappa shape index (κ1) is 20.2. The highest BCUT2D eigenvalue weighted by molar-refractivity contribution is 5.73. The molecule has 3 aromatic carbocycles. The monoisotopic (exact) mass is 391 g/mol. The van der Waals surface area contributed by atoms with Crippen molar-refractivity contribution >= 4 is 23.0 Å². The highest BCUT2D eigenvalue weighted by Gasteiger charge is 2.07. The first-order valence-electron chi connectivity index (χ1n) is 9.26. The van der Waals surface area contributed by atoms with E-state index in [1.807, 2.05) is 43.3 Å². The maximum Gasteiger partial charge on any atom is 0.310 e. The molecule has 0 heterocycles. The fourth-order valence-electron chi connectivity index (χ4n) is 2.62. The number of hydrogen-bond acceptors (Lipinski definition) is 5. The Labute approximate surface area is 169 Å².